The van der Waals surface area contributed by atoms with Crippen LogP contribution in [0.4, 0.5) is 10.1 Å². The van der Waals surface area contributed by atoms with Gasteiger partial charge < -0.3 is 21.3 Å². The maximum absolute atomic E-state index is 14.3. The predicted octanol–water partition coefficient (Wildman–Crippen LogP) is 0.979. The maximum Gasteiger partial charge on any atom is 0.223 e. The van der Waals surface area contributed by atoms with E-state index in [4.69, 9.17) is 5.73 Å². The Balaban J connectivity index is 1.56. The summed E-state index contributed by atoms with van der Waals surface area (Å²) < 4.78 is 14.3. The highest BCUT2D eigenvalue weighted by Gasteiger charge is 2.27. The van der Waals surface area contributed by atoms with Crippen molar-refractivity contribution in [2.75, 3.05) is 31.1 Å². The molecular formula is C17H25FN4O. The Labute approximate surface area is 136 Å². The van der Waals surface area contributed by atoms with E-state index in [-0.39, 0.29) is 23.7 Å². The number of amides is 1. The third-order valence-electron chi connectivity index (χ3n) is 4.78. The molecule has 1 aliphatic heterocycles. The van der Waals surface area contributed by atoms with E-state index < -0.39 is 0 Å². The molecule has 0 spiro atoms. The fourth-order valence-corrected chi connectivity index (χ4v) is 3.41. The number of hydrogen-bond donors (Lipinski definition) is 3. The molecule has 0 bridgehead atoms. The van der Waals surface area contributed by atoms with Crippen LogP contribution in [0.1, 0.15) is 24.8 Å². The minimum absolute atomic E-state index is 0.00923. The first-order valence-corrected chi connectivity index (χ1v) is 8.41. The zero-order chi connectivity index (χ0) is 16.2. The summed E-state index contributed by atoms with van der Waals surface area (Å²) in [7, 11) is 0. The molecule has 0 aromatic heterocycles. The molecule has 1 amide bonds. The molecule has 1 saturated heterocycles. The molecule has 126 valence electrons. The first-order valence-electron chi connectivity index (χ1n) is 8.41. The van der Waals surface area contributed by atoms with Crippen LogP contribution in [0.2, 0.25) is 0 Å². The van der Waals surface area contributed by atoms with Gasteiger partial charge in [-0.3, -0.25) is 4.79 Å². The van der Waals surface area contributed by atoms with Gasteiger partial charge in [0.05, 0.1) is 5.69 Å². The molecule has 6 heteroatoms. The number of nitrogens with zero attached hydrogens (tertiary/aromatic N) is 1. The number of anilines is 1. The minimum Gasteiger partial charge on any atom is -0.367 e. The first-order chi connectivity index (χ1) is 11.1. The lowest BCUT2D eigenvalue weighted by atomic mass is 10.1. The number of nitrogens with two attached hydrogens (primary N) is 1. The Morgan fingerprint density at radius 2 is 2.13 bits per heavy atom. The quantitative estimate of drug-likeness (QED) is 0.773. The molecule has 2 fully saturated rings. The van der Waals surface area contributed by atoms with Crippen LogP contribution < -0.4 is 21.3 Å². The van der Waals surface area contributed by atoms with Gasteiger partial charge in [0, 0.05) is 44.7 Å². The number of piperazine rings is 1. The highest BCUT2D eigenvalue weighted by Crippen LogP contribution is 2.24. The van der Waals surface area contributed by atoms with Crippen LogP contribution in [0.3, 0.4) is 0 Å². The minimum atomic E-state index is -0.221. The van der Waals surface area contributed by atoms with Crippen molar-refractivity contribution >= 4 is 11.6 Å². The Morgan fingerprint density at radius 1 is 1.35 bits per heavy atom. The van der Waals surface area contributed by atoms with Crippen molar-refractivity contribution in [2.24, 2.45) is 11.7 Å². The van der Waals surface area contributed by atoms with Gasteiger partial charge in [0.25, 0.3) is 0 Å². The lowest BCUT2D eigenvalue weighted by Crippen LogP contribution is -2.43. The molecule has 2 aliphatic rings. The van der Waals surface area contributed by atoms with Crippen molar-refractivity contribution in [3.05, 3.63) is 29.6 Å². The molecule has 1 aromatic rings. The predicted molar refractivity (Wildman–Crippen MR) is 88.6 cm³/mol. The molecule has 1 saturated carbocycles. The topological polar surface area (TPSA) is 70.4 Å². The monoisotopic (exact) mass is 320 g/mol. The standard InChI is InChI=1S/C17H25FN4O/c18-15-9-12(1-4-16(15)22-7-5-20-6-8-22)11-21-17(23)13-2-3-14(19)10-13/h1,4,9,13-14,20H,2-3,5-8,10-11,19H2,(H,21,23)/t13-,14-/m1/s1. The highest BCUT2D eigenvalue weighted by atomic mass is 19.1. The summed E-state index contributed by atoms with van der Waals surface area (Å²) in [4.78, 5) is 14.1. The average molecular weight is 320 g/mol. The lowest BCUT2D eigenvalue weighted by molar-refractivity contribution is -0.125. The van der Waals surface area contributed by atoms with Gasteiger partial charge in [-0.2, -0.15) is 0 Å². The molecule has 0 unspecified atom stereocenters. The average Bonchev–Trinajstić information content (AvgIpc) is 3.00. The van der Waals surface area contributed by atoms with Gasteiger partial charge >= 0.3 is 0 Å². The zero-order valence-electron chi connectivity index (χ0n) is 13.4. The third kappa shape index (κ3) is 4.00. The van der Waals surface area contributed by atoms with Crippen LogP contribution in [-0.2, 0) is 11.3 Å². The summed E-state index contributed by atoms with van der Waals surface area (Å²) in [6, 6.07) is 5.37. The Kier molecular flexibility index (Phi) is 5.13. The van der Waals surface area contributed by atoms with E-state index in [0.29, 0.717) is 12.2 Å². The number of rotatable bonds is 4. The van der Waals surface area contributed by atoms with Gasteiger partial charge in [0.15, 0.2) is 0 Å². The van der Waals surface area contributed by atoms with Gasteiger partial charge in [0.1, 0.15) is 5.82 Å². The van der Waals surface area contributed by atoms with E-state index in [1.807, 2.05) is 17.0 Å². The molecule has 0 radical (unpaired) electrons. The zero-order valence-corrected chi connectivity index (χ0v) is 13.4. The van der Waals surface area contributed by atoms with Crippen LogP contribution in [0, 0.1) is 11.7 Å². The van der Waals surface area contributed by atoms with Crippen LogP contribution in [-0.4, -0.2) is 38.1 Å². The second-order valence-corrected chi connectivity index (χ2v) is 6.51. The second kappa shape index (κ2) is 7.27. The van der Waals surface area contributed by atoms with Crippen molar-refractivity contribution in [3.63, 3.8) is 0 Å². The maximum atomic E-state index is 14.3. The summed E-state index contributed by atoms with van der Waals surface area (Å²) in [5, 5.41) is 6.16. The van der Waals surface area contributed by atoms with Crippen molar-refractivity contribution in [1.82, 2.24) is 10.6 Å². The highest BCUT2D eigenvalue weighted by molar-refractivity contribution is 5.79. The molecule has 1 aliphatic carbocycles. The summed E-state index contributed by atoms with van der Waals surface area (Å²) in [5.74, 6) is -0.180. The van der Waals surface area contributed by atoms with Gasteiger partial charge in [0.2, 0.25) is 5.91 Å². The normalized spacial score (nSPS) is 24.7. The van der Waals surface area contributed by atoms with Crippen molar-refractivity contribution in [3.8, 4) is 0 Å². The van der Waals surface area contributed by atoms with E-state index in [2.05, 4.69) is 10.6 Å². The number of carbonyl (C=O) groups excluding carboxylic acids is 1. The molecule has 23 heavy (non-hydrogen) atoms. The summed E-state index contributed by atoms with van der Waals surface area (Å²) in [6.45, 7) is 3.74. The fraction of sp³-hybridized carbons (Fsp3) is 0.588. The van der Waals surface area contributed by atoms with E-state index in [1.54, 1.807) is 0 Å². The number of halogens is 1. The second-order valence-electron chi connectivity index (χ2n) is 6.51. The van der Waals surface area contributed by atoms with Gasteiger partial charge in [-0.1, -0.05) is 6.07 Å². The molecule has 5 nitrogen and oxygen atoms in total. The van der Waals surface area contributed by atoms with Crippen LogP contribution in [0.25, 0.3) is 0 Å². The molecule has 4 N–H and O–H groups in total. The molecule has 1 heterocycles. The van der Waals surface area contributed by atoms with Gasteiger partial charge in [-0.05, 0) is 37.0 Å². The van der Waals surface area contributed by atoms with Gasteiger partial charge in [-0.25, -0.2) is 4.39 Å². The van der Waals surface area contributed by atoms with E-state index in [1.165, 1.54) is 6.07 Å². The molecule has 1 aromatic carbocycles. The first kappa shape index (κ1) is 16.2. The largest absolute Gasteiger partial charge is 0.367 e. The third-order valence-corrected chi connectivity index (χ3v) is 4.78. The Morgan fingerprint density at radius 3 is 2.78 bits per heavy atom. The molecular weight excluding hydrogens is 295 g/mol. The van der Waals surface area contributed by atoms with Crippen LogP contribution in [0.5, 0.6) is 0 Å². The molecule has 2 atom stereocenters. The number of nitrogens with one attached hydrogen (secondary N) is 2. The Bertz CT molecular complexity index is 560. The van der Waals surface area contributed by atoms with Crippen molar-refractivity contribution in [1.29, 1.82) is 0 Å². The van der Waals surface area contributed by atoms with E-state index in [9.17, 15) is 9.18 Å². The SMILES string of the molecule is N[C@@H]1CC[C@@H](C(=O)NCc2ccc(N3CCNCC3)c(F)c2)C1. The molecule has 3 rings (SSSR count). The van der Waals surface area contributed by atoms with E-state index >= 15 is 0 Å². The summed E-state index contributed by atoms with van der Waals surface area (Å²) in [6.07, 6.45) is 2.51. The number of hydrogen-bond acceptors (Lipinski definition) is 4. The van der Waals surface area contributed by atoms with Gasteiger partial charge in [-0.15, -0.1) is 0 Å². The Hall–Kier alpha value is -1.66. The van der Waals surface area contributed by atoms with E-state index in [0.717, 1.165) is 51.0 Å². The smallest absolute Gasteiger partial charge is 0.223 e. The fourth-order valence-electron chi connectivity index (χ4n) is 3.41. The number of carbonyl (C=O) groups is 1. The summed E-state index contributed by atoms with van der Waals surface area (Å²) in [5.41, 5.74) is 7.27. The summed E-state index contributed by atoms with van der Waals surface area (Å²) >= 11 is 0. The lowest BCUT2D eigenvalue weighted by Gasteiger charge is -2.29. The van der Waals surface area contributed by atoms with Crippen molar-refractivity contribution in [2.45, 2.75) is 31.8 Å². The number of benzene rings is 1. The van der Waals surface area contributed by atoms with Crippen molar-refractivity contribution < 1.29 is 9.18 Å². The van der Waals surface area contributed by atoms with Crippen LogP contribution in [0.15, 0.2) is 18.2 Å². The van der Waals surface area contributed by atoms with Crippen LogP contribution >= 0.6 is 0 Å².